The van der Waals surface area contributed by atoms with Crippen molar-refractivity contribution in [2.75, 3.05) is 25.0 Å². The van der Waals surface area contributed by atoms with E-state index in [2.05, 4.69) is 20.9 Å². The highest BCUT2D eigenvalue weighted by Gasteiger charge is 2.15. The number of hydrogen-bond acceptors (Lipinski definition) is 5. The molecule has 0 saturated carbocycles. The summed E-state index contributed by atoms with van der Waals surface area (Å²) in [6.07, 6.45) is 2.48. The van der Waals surface area contributed by atoms with Gasteiger partial charge >= 0.3 is 0 Å². The average molecular weight is 324 g/mol. The summed E-state index contributed by atoms with van der Waals surface area (Å²) in [7, 11) is 0. The number of thiazole rings is 1. The lowest BCUT2D eigenvalue weighted by Gasteiger charge is -2.08. The molecule has 3 N–H and O–H groups in total. The molecule has 1 aliphatic heterocycles. The fourth-order valence-corrected chi connectivity index (χ4v) is 3.01. The molecule has 6 nitrogen and oxygen atoms in total. The van der Waals surface area contributed by atoms with Crippen molar-refractivity contribution in [1.29, 1.82) is 0 Å². The molecule has 22 heavy (non-hydrogen) atoms. The van der Waals surface area contributed by atoms with Crippen molar-refractivity contribution in [3.63, 3.8) is 0 Å². The Kier molecular flexibility index (Phi) is 6.33. The average Bonchev–Trinajstić information content (AvgIpc) is 3.11. The van der Waals surface area contributed by atoms with E-state index < -0.39 is 0 Å². The molecule has 2 heterocycles. The van der Waals surface area contributed by atoms with Gasteiger partial charge in [-0.3, -0.25) is 9.59 Å². The molecule has 122 valence electrons. The fourth-order valence-electron chi connectivity index (χ4n) is 2.30. The minimum absolute atomic E-state index is 0.0157. The van der Waals surface area contributed by atoms with Crippen LogP contribution < -0.4 is 16.0 Å². The molecule has 1 unspecified atom stereocenters. The second-order valence-corrected chi connectivity index (χ2v) is 6.82. The van der Waals surface area contributed by atoms with Crippen LogP contribution >= 0.6 is 11.3 Å². The number of aromatic nitrogens is 1. The van der Waals surface area contributed by atoms with E-state index in [1.807, 2.05) is 19.2 Å². The van der Waals surface area contributed by atoms with Crippen LogP contribution in [-0.4, -0.2) is 36.4 Å². The standard InChI is InChI=1S/C15H24N4O2S/c1-10(2)14(21)19-15-18-12(9-22-15)7-13(20)17-6-4-11-3-5-16-8-11/h9-11,16H,3-8H2,1-2H3,(H,17,20)(H,18,19,21). The topological polar surface area (TPSA) is 83.1 Å². The van der Waals surface area contributed by atoms with E-state index in [9.17, 15) is 9.59 Å². The Balaban J connectivity index is 1.70. The molecule has 0 bridgehead atoms. The molecule has 1 fully saturated rings. The maximum atomic E-state index is 11.9. The third-order valence-corrected chi connectivity index (χ3v) is 4.49. The summed E-state index contributed by atoms with van der Waals surface area (Å²) in [5.41, 5.74) is 0.698. The first kappa shape index (κ1) is 16.9. The number of amides is 2. The van der Waals surface area contributed by atoms with Crippen LogP contribution in [0.1, 0.15) is 32.4 Å². The molecule has 0 aromatic carbocycles. The van der Waals surface area contributed by atoms with E-state index in [0.717, 1.165) is 19.5 Å². The summed E-state index contributed by atoms with van der Waals surface area (Å²) in [6.45, 7) is 6.52. The molecular formula is C15H24N4O2S. The Hall–Kier alpha value is -1.47. The van der Waals surface area contributed by atoms with E-state index >= 15 is 0 Å². The van der Waals surface area contributed by atoms with Crippen LogP contribution in [0.3, 0.4) is 0 Å². The molecule has 7 heteroatoms. The van der Waals surface area contributed by atoms with E-state index in [4.69, 9.17) is 0 Å². The number of nitrogens with one attached hydrogen (secondary N) is 3. The monoisotopic (exact) mass is 324 g/mol. The second-order valence-electron chi connectivity index (χ2n) is 5.96. The van der Waals surface area contributed by atoms with E-state index in [-0.39, 0.29) is 24.2 Å². The van der Waals surface area contributed by atoms with Crippen LogP contribution in [0.25, 0.3) is 0 Å². The van der Waals surface area contributed by atoms with Gasteiger partial charge in [-0.25, -0.2) is 4.98 Å². The third-order valence-electron chi connectivity index (χ3n) is 3.69. The summed E-state index contributed by atoms with van der Waals surface area (Å²) in [4.78, 5) is 27.7. The molecule has 0 aliphatic carbocycles. The first-order chi connectivity index (χ1) is 10.5. The van der Waals surface area contributed by atoms with Crippen molar-refractivity contribution in [3.8, 4) is 0 Å². The second kappa shape index (κ2) is 8.24. The predicted molar refractivity (Wildman–Crippen MR) is 87.9 cm³/mol. The SMILES string of the molecule is CC(C)C(=O)Nc1nc(CC(=O)NCCC2CCNC2)cs1. The fraction of sp³-hybridized carbons (Fsp3) is 0.667. The highest BCUT2D eigenvalue weighted by Crippen LogP contribution is 2.16. The summed E-state index contributed by atoms with van der Waals surface area (Å²) < 4.78 is 0. The molecule has 0 spiro atoms. The van der Waals surface area contributed by atoms with Gasteiger partial charge in [0.05, 0.1) is 12.1 Å². The first-order valence-corrected chi connectivity index (χ1v) is 8.65. The number of rotatable bonds is 7. The lowest BCUT2D eigenvalue weighted by molar-refractivity contribution is -0.120. The number of anilines is 1. The van der Waals surface area contributed by atoms with Crippen molar-refractivity contribution in [2.45, 2.75) is 33.1 Å². The van der Waals surface area contributed by atoms with Crippen LogP contribution in [0.2, 0.25) is 0 Å². The Bertz CT molecular complexity index is 509. The number of carbonyl (C=O) groups excluding carboxylic acids is 2. The lowest BCUT2D eigenvalue weighted by atomic mass is 10.1. The van der Waals surface area contributed by atoms with Gasteiger partial charge < -0.3 is 16.0 Å². The van der Waals surface area contributed by atoms with Crippen molar-refractivity contribution in [2.24, 2.45) is 11.8 Å². The Morgan fingerprint density at radius 1 is 1.50 bits per heavy atom. The van der Waals surface area contributed by atoms with Gasteiger partial charge in [-0.2, -0.15) is 0 Å². The molecule has 2 amide bonds. The normalized spacial score (nSPS) is 17.7. The van der Waals surface area contributed by atoms with Gasteiger partial charge in [0.2, 0.25) is 11.8 Å². The summed E-state index contributed by atoms with van der Waals surface area (Å²) >= 11 is 1.35. The quantitative estimate of drug-likeness (QED) is 0.708. The van der Waals surface area contributed by atoms with E-state index in [0.29, 0.717) is 23.3 Å². The molecule has 0 radical (unpaired) electrons. The highest BCUT2D eigenvalue weighted by atomic mass is 32.1. The summed E-state index contributed by atoms with van der Waals surface area (Å²) in [6, 6.07) is 0. The van der Waals surface area contributed by atoms with Crippen molar-refractivity contribution >= 4 is 28.3 Å². The Morgan fingerprint density at radius 2 is 2.32 bits per heavy atom. The third kappa shape index (κ3) is 5.38. The zero-order chi connectivity index (χ0) is 15.9. The number of nitrogens with zero attached hydrogens (tertiary/aromatic N) is 1. The number of hydrogen-bond donors (Lipinski definition) is 3. The van der Waals surface area contributed by atoms with Gasteiger partial charge in [0.15, 0.2) is 5.13 Å². The van der Waals surface area contributed by atoms with Crippen LogP contribution in [0.5, 0.6) is 0 Å². The van der Waals surface area contributed by atoms with Crippen LogP contribution in [0.15, 0.2) is 5.38 Å². The summed E-state index contributed by atoms with van der Waals surface area (Å²) in [5.74, 6) is 0.520. The molecule has 1 aromatic heterocycles. The summed E-state index contributed by atoms with van der Waals surface area (Å²) in [5, 5.41) is 11.4. The maximum Gasteiger partial charge on any atom is 0.228 e. The molecule has 1 atom stereocenters. The Labute approximate surface area is 135 Å². The molecular weight excluding hydrogens is 300 g/mol. The van der Waals surface area contributed by atoms with Crippen molar-refractivity contribution < 1.29 is 9.59 Å². The maximum absolute atomic E-state index is 11.9. The van der Waals surface area contributed by atoms with Crippen LogP contribution in [0, 0.1) is 11.8 Å². The van der Waals surface area contributed by atoms with Gasteiger partial charge in [0.1, 0.15) is 0 Å². The largest absolute Gasteiger partial charge is 0.356 e. The van der Waals surface area contributed by atoms with Gasteiger partial charge in [-0.1, -0.05) is 13.8 Å². The molecule has 1 saturated heterocycles. The van der Waals surface area contributed by atoms with Crippen LogP contribution in [-0.2, 0) is 16.0 Å². The van der Waals surface area contributed by atoms with Gasteiger partial charge in [-0.05, 0) is 31.8 Å². The van der Waals surface area contributed by atoms with Crippen LogP contribution in [0.4, 0.5) is 5.13 Å². The van der Waals surface area contributed by atoms with Crippen molar-refractivity contribution in [1.82, 2.24) is 15.6 Å². The first-order valence-electron chi connectivity index (χ1n) is 7.77. The zero-order valence-corrected chi connectivity index (χ0v) is 14.0. The minimum atomic E-state index is -0.0827. The number of carbonyl (C=O) groups is 2. The zero-order valence-electron chi connectivity index (χ0n) is 13.1. The molecule has 1 aliphatic rings. The van der Waals surface area contributed by atoms with E-state index in [1.165, 1.54) is 17.8 Å². The highest BCUT2D eigenvalue weighted by molar-refractivity contribution is 7.13. The molecule has 2 rings (SSSR count). The smallest absolute Gasteiger partial charge is 0.228 e. The van der Waals surface area contributed by atoms with E-state index in [1.54, 1.807) is 0 Å². The van der Waals surface area contributed by atoms with Crippen molar-refractivity contribution in [3.05, 3.63) is 11.1 Å². The predicted octanol–water partition coefficient (Wildman–Crippen LogP) is 1.40. The lowest BCUT2D eigenvalue weighted by Crippen LogP contribution is -2.28. The van der Waals surface area contributed by atoms with Gasteiger partial charge in [-0.15, -0.1) is 11.3 Å². The van der Waals surface area contributed by atoms with Gasteiger partial charge in [0, 0.05) is 17.8 Å². The molecule has 1 aromatic rings. The Morgan fingerprint density at radius 3 is 3.00 bits per heavy atom. The van der Waals surface area contributed by atoms with Gasteiger partial charge in [0.25, 0.3) is 0 Å². The minimum Gasteiger partial charge on any atom is -0.356 e.